The van der Waals surface area contributed by atoms with Crippen molar-refractivity contribution in [3.8, 4) is 5.75 Å². The van der Waals surface area contributed by atoms with Crippen LogP contribution in [0.2, 0.25) is 5.02 Å². The lowest BCUT2D eigenvalue weighted by Gasteiger charge is -2.41. The number of halogens is 1. The number of aliphatic hydroxyl groups is 1. The molecule has 1 aromatic carbocycles. The number of rotatable bonds is 12. The number of thioether (sulfide) groups is 1. The van der Waals surface area contributed by atoms with E-state index in [-0.39, 0.29) is 66.0 Å². The average molecular weight is 1000 g/mol. The molecule has 1 unspecified atom stereocenters. The summed E-state index contributed by atoms with van der Waals surface area (Å²) in [4.78, 5) is 97.7. The maximum atomic E-state index is 14.4. The van der Waals surface area contributed by atoms with Gasteiger partial charge in [0.2, 0.25) is 23.6 Å². The number of hydrogen-bond donors (Lipinski definition) is 2. The van der Waals surface area contributed by atoms with E-state index in [1.54, 1.807) is 40.0 Å². The number of fused-ring (bicyclic) bond motifs is 5. The fourth-order valence-electron chi connectivity index (χ4n) is 10.1. The van der Waals surface area contributed by atoms with Crippen LogP contribution in [0.4, 0.5) is 10.5 Å². The van der Waals surface area contributed by atoms with Crippen LogP contribution < -0.4 is 15.0 Å². The van der Waals surface area contributed by atoms with Gasteiger partial charge in [-0.2, -0.15) is 0 Å². The molecule has 69 heavy (non-hydrogen) atoms. The van der Waals surface area contributed by atoms with Gasteiger partial charge in [-0.1, -0.05) is 63.1 Å². The topological polar surface area (TPSA) is 202 Å². The van der Waals surface area contributed by atoms with Crippen LogP contribution in [0.5, 0.6) is 5.75 Å². The summed E-state index contributed by atoms with van der Waals surface area (Å²) in [5.41, 5.74) is -0.778. The molecule has 5 aliphatic rings. The molecule has 1 aliphatic carbocycles. The number of Topliss-reactive ketones (excluding diaryl/α,β-unsaturated/α-hetero) is 1. The molecule has 0 aromatic heterocycles. The first kappa shape index (κ1) is 53.9. The van der Waals surface area contributed by atoms with Crippen molar-refractivity contribution in [1.29, 1.82) is 0 Å². The van der Waals surface area contributed by atoms with Gasteiger partial charge in [0.15, 0.2) is 0 Å². The Morgan fingerprint density at radius 2 is 1.77 bits per heavy atom. The normalized spacial score (nSPS) is 32.7. The number of esters is 1. The number of nitrogens with zero attached hydrogens (tertiary/aromatic N) is 3. The highest BCUT2D eigenvalue weighted by molar-refractivity contribution is 8.02. The van der Waals surface area contributed by atoms with E-state index in [9.17, 15) is 38.7 Å². The Balaban J connectivity index is 1.15. The third-order valence-corrected chi connectivity index (χ3v) is 17.0. The van der Waals surface area contributed by atoms with Crippen LogP contribution in [-0.4, -0.2) is 130 Å². The Hall–Kier alpha value is -4.45. The molecule has 2 N–H and O–H groups in total. The van der Waals surface area contributed by atoms with Crippen LogP contribution in [0.3, 0.4) is 0 Å². The molecule has 0 spiro atoms. The third-order valence-electron chi connectivity index (χ3n) is 15.1. The molecule has 4 aliphatic heterocycles. The molecular formula is C51H71ClN4O12S. The van der Waals surface area contributed by atoms with Gasteiger partial charge < -0.3 is 33.9 Å². The lowest BCUT2D eigenvalue weighted by molar-refractivity contribution is -0.162. The van der Waals surface area contributed by atoms with Gasteiger partial charge in [-0.3, -0.25) is 34.2 Å². The summed E-state index contributed by atoms with van der Waals surface area (Å²) >= 11 is 8.20. The van der Waals surface area contributed by atoms with Crippen molar-refractivity contribution < 1.29 is 57.6 Å². The number of carbonyl (C=O) groups is 7. The number of carbonyl (C=O) groups excluding carboxylic acids is 7. The van der Waals surface area contributed by atoms with Crippen molar-refractivity contribution in [2.75, 3.05) is 32.6 Å². The monoisotopic (exact) mass is 998 g/mol. The summed E-state index contributed by atoms with van der Waals surface area (Å²) in [7, 11) is 4.56. The zero-order chi connectivity index (χ0) is 50.9. The molecule has 380 valence electrons. The third kappa shape index (κ3) is 12.4. The van der Waals surface area contributed by atoms with Gasteiger partial charge in [-0.05, 0) is 89.8 Å². The highest BCUT2D eigenvalue weighted by Crippen LogP contribution is 2.49. The number of likely N-dealkylation sites (N-methyl/N-ethyl adjacent to an activating group) is 1. The minimum absolute atomic E-state index is 0.0257. The van der Waals surface area contributed by atoms with E-state index >= 15 is 0 Å². The van der Waals surface area contributed by atoms with E-state index in [0.29, 0.717) is 30.8 Å². The number of alkyl carbamates (subject to hydrolysis) is 1. The molecule has 6 rings (SSSR count). The first-order chi connectivity index (χ1) is 32.3. The SMILES string of the molecule is COc1cc2cc(c1Cl)N(C)C(=O)C[C@H](OC(=O)[C@H](C)N(C)C(=O)CCC(C)(C)SC1CC(=O)N(CC3CCC(C(C)=O)CC3)C1=O)[C@]1(C)O[C@H]1[C@H](C)[C@@H]1C[C@@](O)(NC(=O)O1)[C@H](C)/C=C/C=C(\C)C2. The average Bonchev–Trinajstić information content (AvgIpc) is 3.92. The first-order valence-electron chi connectivity index (χ1n) is 24.1. The number of allylic oxidation sites excluding steroid dienone is 3. The van der Waals surface area contributed by atoms with Crippen LogP contribution in [0, 0.1) is 23.7 Å². The highest BCUT2D eigenvalue weighted by Gasteiger charge is 2.64. The minimum Gasteiger partial charge on any atom is -0.495 e. The molecule has 16 nitrogen and oxygen atoms in total. The predicted molar refractivity (Wildman–Crippen MR) is 261 cm³/mol. The second-order valence-corrected chi connectivity index (χ2v) is 23.1. The fraction of sp³-hybridized carbons (Fsp3) is 0.667. The van der Waals surface area contributed by atoms with E-state index in [1.165, 1.54) is 47.5 Å². The number of methoxy groups -OCH3 is 1. The number of ketones is 1. The quantitative estimate of drug-likeness (QED) is 0.124. The fourth-order valence-corrected chi connectivity index (χ4v) is 11.9. The predicted octanol–water partition coefficient (Wildman–Crippen LogP) is 6.95. The van der Waals surface area contributed by atoms with Crippen molar-refractivity contribution in [2.24, 2.45) is 23.7 Å². The molecule has 1 aromatic rings. The molecule has 4 bridgehead atoms. The number of likely N-dealkylation sites (tertiary alicyclic amines) is 1. The molecule has 9 atom stereocenters. The lowest BCUT2D eigenvalue weighted by Crippen LogP contribution is -2.60. The smallest absolute Gasteiger partial charge is 0.409 e. The number of hydrogen-bond acceptors (Lipinski definition) is 13. The van der Waals surface area contributed by atoms with Gasteiger partial charge >= 0.3 is 12.1 Å². The van der Waals surface area contributed by atoms with E-state index < -0.39 is 75.5 Å². The molecule has 5 amide bonds. The van der Waals surface area contributed by atoms with Crippen LogP contribution >= 0.6 is 23.4 Å². The lowest BCUT2D eigenvalue weighted by atomic mass is 9.80. The van der Waals surface area contributed by atoms with Crippen molar-refractivity contribution in [3.63, 3.8) is 0 Å². The second kappa shape index (κ2) is 21.5. The zero-order valence-electron chi connectivity index (χ0n) is 41.9. The van der Waals surface area contributed by atoms with E-state index in [4.69, 9.17) is 30.5 Å². The number of imide groups is 1. The number of benzene rings is 1. The Labute approximate surface area is 415 Å². The summed E-state index contributed by atoms with van der Waals surface area (Å²) in [6, 6.07) is 2.50. The summed E-state index contributed by atoms with van der Waals surface area (Å²) in [6.07, 6.45) is 5.82. The maximum absolute atomic E-state index is 14.4. The highest BCUT2D eigenvalue weighted by atomic mass is 35.5. The largest absolute Gasteiger partial charge is 0.495 e. The number of ether oxygens (including phenoxy) is 4. The zero-order valence-corrected chi connectivity index (χ0v) is 43.5. The van der Waals surface area contributed by atoms with Crippen molar-refractivity contribution >= 4 is 70.5 Å². The van der Waals surface area contributed by atoms with Gasteiger partial charge in [-0.25, -0.2) is 9.59 Å². The Kier molecular flexibility index (Phi) is 16.8. The number of amides is 5. The molecule has 1 saturated carbocycles. The summed E-state index contributed by atoms with van der Waals surface area (Å²) < 4.78 is 23.3. The summed E-state index contributed by atoms with van der Waals surface area (Å²) in [6.45, 7) is 14.6. The van der Waals surface area contributed by atoms with Crippen LogP contribution in [-0.2, 0) is 49.4 Å². The molecule has 3 saturated heterocycles. The molecular weight excluding hydrogens is 928 g/mol. The number of epoxide rings is 1. The van der Waals surface area contributed by atoms with Crippen molar-refractivity contribution in [1.82, 2.24) is 15.1 Å². The van der Waals surface area contributed by atoms with Crippen molar-refractivity contribution in [3.05, 3.63) is 46.5 Å². The van der Waals surface area contributed by atoms with Gasteiger partial charge in [0, 0.05) is 62.4 Å². The van der Waals surface area contributed by atoms with Gasteiger partial charge in [0.05, 0.1) is 30.6 Å². The number of nitrogens with one attached hydrogen (secondary N) is 1. The van der Waals surface area contributed by atoms with Crippen LogP contribution in [0.25, 0.3) is 0 Å². The van der Waals surface area contributed by atoms with Crippen molar-refractivity contribution in [2.45, 2.75) is 165 Å². The second-order valence-electron chi connectivity index (χ2n) is 20.8. The number of anilines is 1. The van der Waals surface area contributed by atoms with E-state index in [2.05, 4.69) is 5.32 Å². The van der Waals surface area contributed by atoms with Gasteiger partial charge in [0.1, 0.15) is 46.1 Å². The molecule has 18 heteroatoms. The Morgan fingerprint density at radius 1 is 1.09 bits per heavy atom. The standard InChI is InChI=1S/C51H71ClN4O12S/c1-28-13-12-14-29(2)51(64)26-38(66-48(63)53-51)30(3)45-50(8,68-45)40(25-42(59)55(10)36-22-34(21-28)23-37(65-11)44(36)52)67-47(62)31(4)54(9)41(58)19-20-49(6,7)69-39-24-43(60)56(46(39)61)27-33-15-17-35(18-16-33)32(5)57/h12-14,22-23,29-31,33,35,38-40,45,64H,15-21,24-27H2,1-11H3,(H,53,63)/b14-12+,28-13+/t29-,30-,31+,33?,35?,38+,39?,40+,45+,50+,51+/m1/s1. The van der Waals surface area contributed by atoms with E-state index in [0.717, 1.165) is 36.8 Å². The Morgan fingerprint density at radius 3 is 2.42 bits per heavy atom. The van der Waals surface area contributed by atoms with Gasteiger partial charge in [0.25, 0.3) is 0 Å². The Bertz CT molecular complexity index is 2250. The maximum Gasteiger partial charge on any atom is 0.409 e. The first-order valence-corrected chi connectivity index (χ1v) is 25.4. The molecule has 4 fully saturated rings. The summed E-state index contributed by atoms with van der Waals surface area (Å²) in [5, 5.41) is 14.0. The van der Waals surface area contributed by atoms with Gasteiger partial charge in [-0.15, -0.1) is 11.8 Å². The summed E-state index contributed by atoms with van der Waals surface area (Å²) in [5.74, 6) is -2.29. The van der Waals surface area contributed by atoms with Crippen LogP contribution in [0.15, 0.2) is 35.9 Å². The minimum atomic E-state index is -1.66. The molecule has 4 heterocycles. The van der Waals surface area contributed by atoms with E-state index in [1.807, 2.05) is 45.9 Å². The van der Waals surface area contributed by atoms with Crippen LogP contribution in [0.1, 0.15) is 119 Å². The molecule has 0 radical (unpaired) electrons.